The van der Waals surface area contributed by atoms with Crippen LogP contribution in [0.3, 0.4) is 0 Å². The Hall–Kier alpha value is -0.350. The Morgan fingerprint density at radius 3 is 2.67 bits per heavy atom. The number of methoxy groups -OCH3 is 1. The molecule has 0 fully saturated rings. The molecule has 1 rings (SSSR count). The molecule has 0 bridgehead atoms. The average Bonchev–Trinajstić information content (AvgIpc) is 2.14. The highest BCUT2D eigenvalue weighted by Crippen LogP contribution is 2.18. The number of rotatable bonds is 3. The lowest BCUT2D eigenvalue weighted by molar-refractivity contribution is -0.139. The second-order valence-corrected chi connectivity index (χ2v) is 5.35. The lowest BCUT2D eigenvalue weighted by Gasteiger charge is -2.08. The van der Waals surface area contributed by atoms with Crippen LogP contribution < -0.4 is 0 Å². The van der Waals surface area contributed by atoms with Gasteiger partial charge in [0.05, 0.1) is 7.11 Å². The van der Waals surface area contributed by atoms with Crippen LogP contribution in [0.1, 0.15) is 11.1 Å². The molecule has 1 unspecified atom stereocenters. The summed E-state index contributed by atoms with van der Waals surface area (Å²) in [4.78, 5) is 10.9. The SMILES string of the molecule is COC(=O)C(Br)Cc1cc(C)cc(Br)c1. The first-order valence-corrected chi connectivity index (χ1v) is 6.21. The molecule has 1 aromatic rings. The van der Waals surface area contributed by atoms with Gasteiger partial charge in [0.2, 0.25) is 0 Å². The first kappa shape index (κ1) is 12.7. The molecule has 0 N–H and O–H groups in total. The van der Waals surface area contributed by atoms with Crippen molar-refractivity contribution in [3.63, 3.8) is 0 Å². The van der Waals surface area contributed by atoms with Gasteiger partial charge >= 0.3 is 5.97 Å². The van der Waals surface area contributed by atoms with Crippen molar-refractivity contribution in [2.75, 3.05) is 7.11 Å². The Kier molecular flexibility index (Phi) is 4.80. The van der Waals surface area contributed by atoms with Gasteiger partial charge in [0, 0.05) is 4.47 Å². The summed E-state index contributed by atoms with van der Waals surface area (Å²) in [5, 5.41) is 0. The molecular formula is C11H12Br2O2. The average molecular weight is 336 g/mol. The van der Waals surface area contributed by atoms with E-state index in [2.05, 4.69) is 42.7 Å². The molecule has 4 heteroatoms. The smallest absolute Gasteiger partial charge is 0.319 e. The van der Waals surface area contributed by atoms with Crippen molar-refractivity contribution in [3.8, 4) is 0 Å². The van der Waals surface area contributed by atoms with Crippen LogP contribution in [0.2, 0.25) is 0 Å². The number of ether oxygens (including phenoxy) is 1. The Balaban J connectivity index is 2.76. The maximum atomic E-state index is 11.2. The highest BCUT2D eigenvalue weighted by molar-refractivity contribution is 9.10. The number of alkyl halides is 1. The third-order valence-corrected chi connectivity index (χ3v) is 3.13. The van der Waals surface area contributed by atoms with E-state index in [0.717, 1.165) is 10.0 Å². The monoisotopic (exact) mass is 334 g/mol. The number of esters is 1. The molecule has 0 aliphatic carbocycles. The fraction of sp³-hybridized carbons (Fsp3) is 0.364. The van der Waals surface area contributed by atoms with Gasteiger partial charge in [-0.2, -0.15) is 0 Å². The number of hydrogen-bond acceptors (Lipinski definition) is 2. The van der Waals surface area contributed by atoms with E-state index in [1.807, 2.05) is 19.1 Å². The van der Waals surface area contributed by atoms with E-state index in [4.69, 9.17) is 0 Å². The van der Waals surface area contributed by atoms with Crippen molar-refractivity contribution in [2.24, 2.45) is 0 Å². The zero-order valence-corrected chi connectivity index (χ0v) is 11.8. The molecule has 1 atom stereocenters. The summed E-state index contributed by atoms with van der Waals surface area (Å²) in [6.07, 6.45) is 0.632. The van der Waals surface area contributed by atoms with Gasteiger partial charge in [0.1, 0.15) is 4.83 Å². The molecule has 82 valence electrons. The molecule has 15 heavy (non-hydrogen) atoms. The van der Waals surface area contributed by atoms with Gasteiger partial charge in [0.25, 0.3) is 0 Å². The third-order valence-electron chi connectivity index (χ3n) is 1.97. The quantitative estimate of drug-likeness (QED) is 0.626. The molecule has 2 nitrogen and oxygen atoms in total. The maximum Gasteiger partial charge on any atom is 0.319 e. The Morgan fingerprint density at radius 2 is 2.13 bits per heavy atom. The summed E-state index contributed by atoms with van der Waals surface area (Å²) in [5.74, 6) is -0.243. The van der Waals surface area contributed by atoms with Crippen LogP contribution in [-0.2, 0) is 16.0 Å². The predicted octanol–water partition coefficient (Wildman–Crippen LogP) is 3.24. The lowest BCUT2D eigenvalue weighted by Crippen LogP contribution is -2.18. The normalized spacial score (nSPS) is 12.3. The summed E-state index contributed by atoms with van der Waals surface area (Å²) in [5.41, 5.74) is 2.28. The molecule has 0 saturated carbocycles. The van der Waals surface area contributed by atoms with Crippen LogP contribution >= 0.6 is 31.9 Å². The summed E-state index contributed by atoms with van der Waals surface area (Å²) in [7, 11) is 1.39. The number of carbonyl (C=O) groups is 1. The van der Waals surface area contributed by atoms with Gasteiger partial charge in [-0.05, 0) is 36.6 Å². The van der Waals surface area contributed by atoms with Crippen molar-refractivity contribution in [1.29, 1.82) is 0 Å². The van der Waals surface area contributed by atoms with Crippen molar-refractivity contribution >= 4 is 37.8 Å². The molecule has 0 saturated heterocycles. The van der Waals surface area contributed by atoms with Crippen molar-refractivity contribution in [3.05, 3.63) is 33.8 Å². The largest absolute Gasteiger partial charge is 0.468 e. The maximum absolute atomic E-state index is 11.2. The van der Waals surface area contributed by atoms with Gasteiger partial charge in [-0.1, -0.05) is 37.9 Å². The van der Waals surface area contributed by atoms with E-state index in [0.29, 0.717) is 6.42 Å². The van der Waals surface area contributed by atoms with Crippen LogP contribution in [0.15, 0.2) is 22.7 Å². The summed E-state index contributed by atoms with van der Waals surface area (Å²) in [6, 6.07) is 6.09. The number of hydrogen-bond donors (Lipinski definition) is 0. The van der Waals surface area contributed by atoms with Crippen LogP contribution in [-0.4, -0.2) is 17.9 Å². The molecule has 1 aromatic carbocycles. The van der Waals surface area contributed by atoms with E-state index < -0.39 is 0 Å². The minimum absolute atomic E-state index is 0.243. The molecular weight excluding hydrogens is 324 g/mol. The summed E-state index contributed by atoms with van der Waals surface area (Å²) in [6.45, 7) is 2.02. The van der Waals surface area contributed by atoms with E-state index >= 15 is 0 Å². The molecule has 0 aliphatic rings. The zero-order chi connectivity index (χ0) is 11.4. The highest BCUT2D eigenvalue weighted by atomic mass is 79.9. The van der Waals surface area contributed by atoms with Gasteiger partial charge in [-0.15, -0.1) is 0 Å². The molecule has 0 aliphatic heterocycles. The highest BCUT2D eigenvalue weighted by Gasteiger charge is 2.15. The lowest BCUT2D eigenvalue weighted by atomic mass is 10.1. The van der Waals surface area contributed by atoms with E-state index in [1.165, 1.54) is 12.7 Å². The molecule has 0 amide bonds. The second kappa shape index (κ2) is 5.66. The number of halogens is 2. The molecule has 0 spiro atoms. The zero-order valence-electron chi connectivity index (χ0n) is 8.59. The summed E-state index contributed by atoms with van der Waals surface area (Å²) < 4.78 is 5.68. The minimum Gasteiger partial charge on any atom is -0.468 e. The summed E-state index contributed by atoms with van der Waals surface area (Å²) >= 11 is 6.72. The molecule has 0 radical (unpaired) electrons. The minimum atomic E-state index is -0.281. The second-order valence-electron chi connectivity index (χ2n) is 3.33. The fourth-order valence-corrected chi connectivity index (χ4v) is 2.56. The van der Waals surface area contributed by atoms with Crippen molar-refractivity contribution < 1.29 is 9.53 Å². The number of carbonyl (C=O) groups excluding carboxylic acids is 1. The van der Waals surface area contributed by atoms with Gasteiger partial charge in [0.15, 0.2) is 0 Å². The van der Waals surface area contributed by atoms with E-state index in [1.54, 1.807) is 0 Å². The van der Waals surface area contributed by atoms with E-state index in [-0.39, 0.29) is 10.8 Å². The van der Waals surface area contributed by atoms with Gasteiger partial charge in [-0.25, -0.2) is 0 Å². The Morgan fingerprint density at radius 1 is 1.47 bits per heavy atom. The Bertz CT molecular complexity index is 343. The molecule has 0 aromatic heterocycles. The fourth-order valence-electron chi connectivity index (χ4n) is 1.35. The van der Waals surface area contributed by atoms with Gasteiger partial charge in [-0.3, -0.25) is 4.79 Å². The van der Waals surface area contributed by atoms with Crippen molar-refractivity contribution in [2.45, 2.75) is 18.2 Å². The van der Waals surface area contributed by atoms with Crippen LogP contribution in [0.5, 0.6) is 0 Å². The number of benzene rings is 1. The van der Waals surface area contributed by atoms with Crippen molar-refractivity contribution in [1.82, 2.24) is 0 Å². The van der Waals surface area contributed by atoms with Crippen LogP contribution in [0, 0.1) is 6.92 Å². The third kappa shape index (κ3) is 3.95. The number of aryl methyl sites for hydroxylation is 1. The Labute approximate surface area is 106 Å². The predicted molar refractivity (Wildman–Crippen MR) is 67.3 cm³/mol. The first-order valence-electron chi connectivity index (χ1n) is 4.51. The van der Waals surface area contributed by atoms with E-state index in [9.17, 15) is 4.79 Å². The first-order chi connectivity index (χ1) is 7.02. The van der Waals surface area contributed by atoms with Gasteiger partial charge < -0.3 is 4.74 Å². The van der Waals surface area contributed by atoms with Crippen LogP contribution in [0.25, 0.3) is 0 Å². The molecule has 0 heterocycles. The standard InChI is InChI=1S/C11H12Br2O2/c1-7-3-8(5-9(12)4-7)6-10(13)11(14)15-2/h3-5,10H,6H2,1-2H3. The van der Waals surface area contributed by atoms with Crippen LogP contribution in [0.4, 0.5) is 0 Å². The topological polar surface area (TPSA) is 26.3 Å².